The van der Waals surface area contributed by atoms with Crippen molar-refractivity contribution in [3.63, 3.8) is 0 Å². The van der Waals surface area contributed by atoms with Crippen molar-refractivity contribution in [3.8, 4) is 0 Å². The number of carbonyl (C=O) groups is 1. The van der Waals surface area contributed by atoms with Crippen molar-refractivity contribution < 1.29 is 9.53 Å². The van der Waals surface area contributed by atoms with Gasteiger partial charge in [0.1, 0.15) is 0 Å². The van der Waals surface area contributed by atoms with E-state index >= 15 is 0 Å². The standard InChI is InChI=1S/C11H22N2O2/c1-12-11(14)6-8-13-7-2-4-10-5-3-9-15-10/h10,13H,2-9H2,1H3,(H,12,14). The Balaban J connectivity index is 1.82. The fourth-order valence-electron chi connectivity index (χ4n) is 1.78. The Bertz CT molecular complexity index is 179. The molecule has 1 amide bonds. The maximum absolute atomic E-state index is 10.9. The van der Waals surface area contributed by atoms with Gasteiger partial charge in [-0.25, -0.2) is 0 Å². The van der Waals surface area contributed by atoms with E-state index in [2.05, 4.69) is 10.6 Å². The van der Waals surface area contributed by atoms with Gasteiger partial charge < -0.3 is 15.4 Å². The first-order valence-electron chi connectivity index (χ1n) is 5.86. The molecule has 0 bridgehead atoms. The minimum Gasteiger partial charge on any atom is -0.378 e. The summed E-state index contributed by atoms with van der Waals surface area (Å²) in [4.78, 5) is 10.9. The Morgan fingerprint density at radius 2 is 2.33 bits per heavy atom. The quantitative estimate of drug-likeness (QED) is 0.612. The van der Waals surface area contributed by atoms with Crippen LogP contribution in [-0.2, 0) is 9.53 Å². The molecule has 15 heavy (non-hydrogen) atoms. The highest BCUT2D eigenvalue weighted by Crippen LogP contribution is 2.16. The molecule has 1 aliphatic heterocycles. The van der Waals surface area contributed by atoms with E-state index in [1.807, 2.05) is 0 Å². The smallest absolute Gasteiger partial charge is 0.221 e. The van der Waals surface area contributed by atoms with Gasteiger partial charge in [-0.2, -0.15) is 0 Å². The summed E-state index contributed by atoms with van der Waals surface area (Å²) in [6, 6.07) is 0. The average Bonchev–Trinajstić information content (AvgIpc) is 2.75. The van der Waals surface area contributed by atoms with Crippen LogP contribution in [0.5, 0.6) is 0 Å². The minimum atomic E-state index is 0.0987. The van der Waals surface area contributed by atoms with Crippen molar-refractivity contribution in [3.05, 3.63) is 0 Å². The van der Waals surface area contributed by atoms with Gasteiger partial charge in [-0.15, -0.1) is 0 Å². The normalized spacial score (nSPS) is 20.5. The SMILES string of the molecule is CNC(=O)CCNCCCC1CCCO1. The molecular formula is C11H22N2O2. The fraction of sp³-hybridized carbons (Fsp3) is 0.909. The molecule has 0 spiro atoms. The summed E-state index contributed by atoms with van der Waals surface area (Å²) in [5.41, 5.74) is 0. The third-order valence-electron chi connectivity index (χ3n) is 2.71. The zero-order valence-electron chi connectivity index (χ0n) is 9.55. The van der Waals surface area contributed by atoms with E-state index in [1.165, 1.54) is 12.8 Å². The summed E-state index contributed by atoms with van der Waals surface area (Å²) in [7, 11) is 1.67. The monoisotopic (exact) mass is 214 g/mol. The third kappa shape index (κ3) is 5.74. The van der Waals surface area contributed by atoms with Crippen LogP contribution < -0.4 is 10.6 Å². The van der Waals surface area contributed by atoms with Gasteiger partial charge in [0.15, 0.2) is 0 Å². The molecule has 88 valence electrons. The van der Waals surface area contributed by atoms with Crippen LogP contribution in [-0.4, -0.2) is 38.8 Å². The van der Waals surface area contributed by atoms with Crippen LogP contribution in [0.1, 0.15) is 32.1 Å². The van der Waals surface area contributed by atoms with Crippen molar-refractivity contribution in [1.82, 2.24) is 10.6 Å². The second-order valence-electron chi connectivity index (χ2n) is 3.95. The maximum Gasteiger partial charge on any atom is 0.221 e. The predicted molar refractivity (Wildman–Crippen MR) is 59.8 cm³/mol. The maximum atomic E-state index is 10.9. The van der Waals surface area contributed by atoms with Crippen LogP contribution in [0.25, 0.3) is 0 Å². The van der Waals surface area contributed by atoms with Crippen LogP contribution in [0, 0.1) is 0 Å². The number of rotatable bonds is 7. The van der Waals surface area contributed by atoms with Crippen LogP contribution in [0.4, 0.5) is 0 Å². The van der Waals surface area contributed by atoms with Crippen LogP contribution >= 0.6 is 0 Å². The van der Waals surface area contributed by atoms with Crippen LogP contribution in [0.3, 0.4) is 0 Å². The lowest BCUT2D eigenvalue weighted by Crippen LogP contribution is -2.25. The largest absolute Gasteiger partial charge is 0.378 e. The summed E-state index contributed by atoms with van der Waals surface area (Å²) < 4.78 is 5.52. The fourth-order valence-corrected chi connectivity index (χ4v) is 1.78. The number of hydrogen-bond donors (Lipinski definition) is 2. The zero-order valence-corrected chi connectivity index (χ0v) is 9.55. The Morgan fingerprint density at radius 3 is 3.00 bits per heavy atom. The Morgan fingerprint density at radius 1 is 1.47 bits per heavy atom. The summed E-state index contributed by atoms with van der Waals surface area (Å²) in [6.45, 7) is 2.69. The van der Waals surface area contributed by atoms with E-state index in [0.717, 1.165) is 32.5 Å². The molecule has 0 radical (unpaired) electrons. The molecule has 0 aromatic carbocycles. The molecule has 1 rings (SSSR count). The molecule has 1 heterocycles. The van der Waals surface area contributed by atoms with Crippen molar-refractivity contribution in [2.45, 2.75) is 38.2 Å². The first kappa shape index (κ1) is 12.5. The number of hydrogen-bond acceptors (Lipinski definition) is 3. The van der Waals surface area contributed by atoms with E-state index in [0.29, 0.717) is 12.5 Å². The summed E-state index contributed by atoms with van der Waals surface area (Å²) in [6.07, 6.45) is 5.78. The number of nitrogens with one attached hydrogen (secondary N) is 2. The molecule has 0 aromatic rings. The molecule has 1 aliphatic rings. The van der Waals surface area contributed by atoms with E-state index in [4.69, 9.17) is 4.74 Å². The van der Waals surface area contributed by atoms with Crippen LogP contribution in [0.15, 0.2) is 0 Å². The van der Waals surface area contributed by atoms with Gasteiger partial charge in [-0.3, -0.25) is 4.79 Å². The van der Waals surface area contributed by atoms with Crippen LogP contribution in [0.2, 0.25) is 0 Å². The zero-order chi connectivity index (χ0) is 10.9. The first-order chi connectivity index (χ1) is 7.33. The van der Waals surface area contributed by atoms with E-state index in [1.54, 1.807) is 7.05 Å². The summed E-state index contributed by atoms with van der Waals surface area (Å²) >= 11 is 0. The minimum absolute atomic E-state index is 0.0987. The molecule has 0 aliphatic carbocycles. The van der Waals surface area contributed by atoms with Gasteiger partial charge in [0.2, 0.25) is 5.91 Å². The molecule has 0 saturated carbocycles. The van der Waals surface area contributed by atoms with E-state index < -0.39 is 0 Å². The Kier molecular flexibility index (Phi) is 6.36. The molecule has 1 atom stereocenters. The third-order valence-corrected chi connectivity index (χ3v) is 2.71. The highest BCUT2D eigenvalue weighted by molar-refractivity contribution is 5.75. The molecule has 0 aromatic heterocycles. The topological polar surface area (TPSA) is 50.4 Å². The lowest BCUT2D eigenvalue weighted by molar-refractivity contribution is -0.120. The van der Waals surface area contributed by atoms with Crippen molar-refractivity contribution >= 4 is 5.91 Å². The van der Waals surface area contributed by atoms with Gasteiger partial charge >= 0.3 is 0 Å². The molecule has 4 nitrogen and oxygen atoms in total. The van der Waals surface area contributed by atoms with Crippen molar-refractivity contribution in [2.24, 2.45) is 0 Å². The highest BCUT2D eigenvalue weighted by atomic mass is 16.5. The average molecular weight is 214 g/mol. The lowest BCUT2D eigenvalue weighted by Gasteiger charge is -2.09. The number of amides is 1. The van der Waals surface area contributed by atoms with E-state index in [-0.39, 0.29) is 5.91 Å². The van der Waals surface area contributed by atoms with E-state index in [9.17, 15) is 4.79 Å². The Hall–Kier alpha value is -0.610. The summed E-state index contributed by atoms with van der Waals surface area (Å²) in [5.74, 6) is 0.0987. The number of ether oxygens (including phenoxy) is 1. The second kappa shape index (κ2) is 7.65. The molecule has 1 saturated heterocycles. The number of carbonyl (C=O) groups excluding carboxylic acids is 1. The Labute approximate surface area is 91.8 Å². The molecule has 1 fully saturated rings. The van der Waals surface area contributed by atoms with Crippen molar-refractivity contribution in [2.75, 3.05) is 26.7 Å². The molecular weight excluding hydrogens is 192 g/mol. The van der Waals surface area contributed by atoms with Gasteiger partial charge in [-0.1, -0.05) is 0 Å². The molecule has 4 heteroatoms. The van der Waals surface area contributed by atoms with Crippen molar-refractivity contribution in [1.29, 1.82) is 0 Å². The van der Waals surface area contributed by atoms with Gasteiger partial charge in [0.25, 0.3) is 0 Å². The predicted octanol–water partition coefficient (Wildman–Crippen LogP) is 0.671. The van der Waals surface area contributed by atoms with Gasteiger partial charge in [-0.05, 0) is 32.2 Å². The summed E-state index contributed by atoms with van der Waals surface area (Å²) in [5, 5.41) is 5.86. The molecule has 2 N–H and O–H groups in total. The highest BCUT2D eigenvalue weighted by Gasteiger charge is 2.14. The lowest BCUT2D eigenvalue weighted by atomic mass is 10.1. The van der Waals surface area contributed by atoms with Gasteiger partial charge in [0.05, 0.1) is 6.10 Å². The first-order valence-corrected chi connectivity index (χ1v) is 5.86. The molecule has 1 unspecified atom stereocenters. The second-order valence-corrected chi connectivity index (χ2v) is 3.95. The van der Waals surface area contributed by atoms with Gasteiger partial charge in [0, 0.05) is 26.6 Å².